The van der Waals surface area contributed by atoms with Gasteiger partial charge in [0.1, 0.15) is 6.10 Å². The molecule has 0 N–H and O–H groups in total. The highest BCUT2D eigenvalue weighted by Crippen LogP contribution is 2.58. The summed E-state index contributed by atoms with van der Waals surface area (Å²) >= 11 is 0. The number of hydrogen-bond acceptors (Lipinski definition) is 4. The Hall–Kier alpha value is -1.90. The molecular weight excluding hydrogens is 568 g/mol. The molecule has 0 radical (unpaired) electrons. The van der Waals surface area contributed by atoms with Crippen LogP contribution in [0.15, 0.2) is 0 Å². The molecule has 0 aliphatic heterocycles. The lowest BCUT2D eigenvalue weighted by atomic mass is 9.94. The normalized spacial score (nSPS) is 22.8. The standard InChI is InChI=1S/C12H20O2.C11H10F12O2/c1-3-8(2)12(13)14-11-7-9-4-5-10(11)6-9;1-2-3-5(24)25-4-7(14,15)9(18,19)11(22,23)10(20,21)8(16,17)6(12)13/h8-11H,3-7H2,1-2H3;6H,2-4H2,1H3. The van der Waals surface area contributed by atoms with Gasteiger partial charge in [-0.15, -0.1) is 0 Å². The van der Waals surface area contributed by atoms with Crippen molar-refractivity contribution in [3.63, 3.8) is 0 Å². The summed E-state index contributed by atoms with van der Waals surface area (Å²) in [6, 6.07) is 0. The summed E-state index contributed by atoms with van der Waals surface area (Å²) in [7, 11) is 0. The fourth-order valence-electron chi connectivity index (χ4n) is 4.07. The van der Waals surface area contributed by atoms with E-state index in [1.165, 1.54) is 26.2 Å². The second kappa shape index (κ2) is 12.7. The van der Waals surface area contributed by atoms with Crippen molar-refractivity contribution in [2.45, 2.75) is 108 Å². The van der Waals surface area contributed by atoms with Gasteiger partial charge in [0, 0.05) is 6.42 Å². The van der Waals surface area contributed by atoms with Crippen LogP contribution in [-0.4, -0.2) is 60.7 Å². The van der Waals surface area contributed by atoms with Crippen LogP contribution in [0.2, 0.25) is 0 Å². The summed E-state index contributed by atoms with van der Waals surface area (Å²) in [6.07, 6.45) is -0.000852. The van der Waals surface area contributed by atoms with E-state index in [-0.39, 0.29) is 24.4 Å². The maximum absolute atomic E-state index is 13.2. The average molecular weight is 598 g/mol. The van der Waals surface area contributed by atoms with Crippen LogP contribution in [0.3, 0.4) is 0 Å². The largest absolute Gasteiger partial charge is 0.462 e. The summed E-state index contributed by atoms with van der Waals surface area (Å²) in [6.45, 7) is 2.43. The first-order valence-electron chi connectivity index (χ1n) is 12.1. The highest BCUT2D eigenvalue weighted by atomic mass is 19.4. The number of rotatable bonds is 12. The van der Waals surface area contributed by atoms with Crippen molar-refractivity contribution in [2.75, 3.05) is 6.61 Å². The maximum atomic E-state index is 13.2. The molecule has 2 aliphatic rings. The molecule has 2 aliphatic carbocycles. The Balaban J connectivity index is 0.000000451. The van der Waals surface area contributed by atoms with Gasteiger partial charge in [-0.1, -0.05) is 20.8 Å². The minimum Gasteiger partial charge on any atom is -0.462 e. The molecule has 0 amide bonds. The van der Waals surface area contributed by atoms with Crippen molar-refractivity contribution >= 4 is 11.9 Å². The number of alkyl halides is 12. The Morgan fingerprint density at radius 1 is 0.846 bits per heavy atom. The number of halogens is 12. The molecule has 0 heterocycles. The molecular formula is C23H30F12O4. The van der Waals surface area contributed by atoms with Gasteiger partial charge in [0.25, 0.3) is 0 Å². The van der Waals surface area contributed by atoms with Gasteiger partial charge in [-0.25, -0.2) is 8.78 Å². The molecule has 2 fully saturated rings. The number of esters is 2. The van der Waals surface area contributed by atoms with Crippen molar-refractivity contribution in [1.29, 1.82) is 0 Å². The van der Waals surface area contributed by atoms with Crippen molar-refractivity contribution in [1.82, 2.24) is 0 Å². The molecule has 39 heavy (non-hydrogen) atoms. The first kappa shape index (κ1) is 35.1. The van der Waals surface area contributed by atoms with E-state index in [1.807, 2.05) is 13.8 Å². The lowest BCUT2D eigenvalue weighted by Gasteiger charge is -2.38. The fraction of sp³-hybridized carbons (Fsp3) is 0.913. The van der Waals surface area contributed by atoms with E-state index in [1.54, 1.807) is 0 Å². The van der Waals surface area contributed by atoms with Gasteiger partial charge < -0.3 is 9.47 Å². The third-order valence-electron chi connectivity index (χ3n) is 6.76. The van der Waals surface area contributed by atoms with Gasteiger partial charge in [-0.2, -0.15) is 43.9 Å². The zero-order valence-electron chi connectivity index (χ0n) is 21.2. The minimum atomic E-state index is -7.61. The molecule has 0 saturated heterocycles. The van der Waals surface area contributed by atoms with Crippen molar-refractivity contribution < 1.29 is 71.7 Å². The van der Waals surface area contributed by atoms with E-state index in [0.29, 0.717) is 5.92 Å². The lowest BCUT2D eigenvalue weighted by molar-refractivity contribution is -0.414. The van der Waals surface area contributed by atoms with Gasteiger partial charge in [0.05, 0.1) is 5.92 Å². The van der Waals surface area contributed by atoms with Gasteiger partial charge in [-0.3, -0.25) is 9.59 Å². The van der Waals surface area contributed by atoms with Crippen molar-refractivity contribution in [3.8, 4) is 0 Å². The predicted octanol–water partition coefficient (Wildman–Crippen LogP) is 7.54. The van der Waals surface area contributed by atoms with Crippen LogP contribution in [0.5, 0.6) is 0 Å². The fourth-order valence-corrected chi connectivity index (χ4v) is 4.07. The average Bonchev–Trinajstić information content (AvgIpc) is 3.45. The highest BCUT2D eigenvalue weighted by Gasteiger charge is 2.87. The SMILES string of the molecule is CCC(C)C(=O)OC1CC2CCC1C2.CCCC(=O)OCC(F)(F)C(F)(F)C(F)(F)C(F)(F)C(F)(F)C(F)F. The molecule has 4 atom stereocenters. The van der Waals surface area contributed by atoms with E-state index < -0.39 is 55.0 Å². The Morgan fingerprint density at radius 3 is 1.82 bits per heavy atom. The summed E-state index contributed by atoms with van der Waals surface area (Å²) < 4.78 is 162. The van der Waals surface area contributed by atoms with E-state index in [0.717, 1.165) is 18.8 Å². The predicted molar refractivity (Wildman–Crippen MR) is 111 cm³/mol. The van der Waals surface area contributed by atoms with Crippen LogP contribution in [0, 0.1) is 17.8 Å². The van der Waals surface area contributed by atoms with Gasteiger partial charge in [0.15, 0.2) is 6.61 Å². The second-order valence-electron chi connectivity index (χ2n) is 9.72. The molecule has 0 aromatic rings. The number of carbonyl (C=O) groups is 2. The Kier molecular flexibility index (Phi) is 11.5. The first-order chi connectivity index (χ1) is 17.6. The molecule has 2 bridgehead atoms. The smallest absolute Gasteiger partial charge is 0.384 e. The third-order valence-corrected chi connectivity index (χ3v) is 6.76. The van der Waals surface area contributed by atoms with Gasteiger partial charge in [0.2, 0.25) is 0 Å². The van der Waals surface area contributed by atoms with Gasteiger partial charge >= 0.3 is 48.0 Å². The summed E-state index contributed by atoms with van der Waals surface area (Å²) in [5.74, 6) is -35.7. The zero-order valence-corrected chi connectivity index (χ0v) is 21.2. The van der Waals surface area contributed by atoms with Crippen LogP contribution in [0.25, 0.3) is 0 Å². The van der Waals surface area contributed by atoms with Crippen LogP contribution in [0.4, 0.5) is 52.7 Å². The third kappa shape index (κ3) is 7.25. The highest BCUT2D eigenvalue weighted by molar-refractivity contribution is 5.72. The molecule has 2 rings (SSSR count). The molecule has 16 heteroatoms. The molecule has 4 nitrogen and oxygen atoms in total. The van der Waals surface area contributed by atoms with Gasteiger partial charge in [-0.05, 0) is 50.4 Å². The molecule has 0 aromatic carbocycles. The summed E-state index contributed by atoms with van der Waals surface area (Å²) in [4.78, 5) is 22.3. The Bertz CT molecular complexity index is 834. The van der Waals surface area contributed by atoms with Crippen molar-refractivity contribution in [3.05, 3.63) is 0 Å². The lowest BCUT2D eigenvalue weighted by Crippen LogP contribution is -2.69. The minimum absolute atomic E-state index is 0.0186. The number of fused-ring (bicyclic) bond motifs is 2. The topological polar surface area (TPSA) is 52.6 Å². The number of ether oxygens (including phenoxy) is 2. The van der Waals surface area contributed by atoms with Crippen LogP contribution >= 0.6 is 0 Å². The maximum Gasteiger partial charge on any atom is 0.384 e. The first-order valence-corrected chi connectivity index (χ1v) is 12.1. The summed E-state index contributed by atoms with van der Waals surface area (Å²) in [5.41, 5.74) is 0. The summed E-state index contributed by atoms with van der Waals surface area (Å²) in [5, 5.41) is 0. The van der Waals surface area contributed by atoms with Crippen LogP contribution in [-0.2, 0) is 19.1 Å². The zero-order chi connectivity index (χ0) is 30.6. The quantitative estimate of drug-likeness (QED) is 0.172. The van der Waals surface area contributed by atoms with Crippen LogP contribution < -0.4 is 0 Å². The number of carbonyl (C=O) groups excluding carboxylic acids is 2. The molecule has 0 aromatic heterocycles. The van der Waals surface area contributed by atoms with E-state index in [4.69, 9.17) is 4.74 Å². The molecule has 0 spiro atoms. The monoisotopic (exact) mass is 598 g/mol. The van der Waals surface area contributed by atoms with E-state index >= 15 is 0 Å². The van der Waals surface area contributed by atoms with Crippen molar-refractivity contribution in [2.24, 2.45) is 17.8 Å². The number of hydrogen-bond donors (Lipinski definition) is 0. The van der Waals surface area contributed by atoms with Crippen LogP contribution in [0.1, 0.15) is 65.7 Å². The molecule has 230 valence electrons. The molecule has 2 saturated carbocycles. The van der Waals surface area contributed by atoms with E-state index in [2.05, 4.69) is 4.74 Å². The van der Waals surface area contributed by atoms with E-state index in [9.17, 15) is 62.3 Å². The second-order valence-corrected chi connectivity index (χ2v) is 9.72. The Labute approximate surface area is 216 Å². The molecule has 4 unspecified atom stereocenters. The Morgan fingerprint density at radius 2 is 1.41 bits per heavy atom.